The Kier molecular flexibility index (Phi) is 6.02. The fourth-order valence-corrected chi connectivity index (χ4v) is 2.75. The van der Waals surface area contributed by atoms with Crippen molar-refractivity contribution in [3.63, 3.8) is 0 Å². The van der Waals surface area contributed by atoms with Gasteiger partial charge in [0.1, 0.15) is 38.2 Å². The van der Waals surface area contributed by atoms with Gasteiger partial charge in [-0.1, -0.05) is 12.1 Å². The molecular formula is C16H26N2O2+2. The first-order valence-electron chi connectivity index (χ1n) is 7.67. The van der Waals surface area contributed by atoms with Crippen molar-refractivity contribution in [3.05, 3.63) is 29.8 Å². The van der Waals surface area contributed by atoms with Crippen molar-refractivity contribution in [1.82, 2.24) is 0 Å². The van der Waals surface area contributed by atoms with E-state index in [2.05, 4.69) is 6.92 Å². The molecule has 0 aromatic heterocycles. The molecule has 0 spiro atoms. The Morgan fingerprint density at radius 2 is 1.95 bits per heavy atom. The number of carbonyl (C=O) groups excluding carboxylic acids is 1. The number of benzene rings is 1. The molecule has 20 heavy (non-hydrogen) atoms. The van der Waals surface area contributed by atoms with Gasteiger partial charge in [0.05, 0.1) is 19.7 Å². The number of quaternary nitrogens is 2. The molecule has 1 aromatic rings. The van der Waals surface area contributed by atoms with Crippen LogP contribution in [0.5, 0.6) is 5.75 Å². The molecular weight excluding hydrogens is 252 g/mol. The summed E-state index contributed by atoms with van der Waals surface area (Å²) in [5, 5.41) is 0. The van der Waals surface area contributed by atoms with Crippen molar-refractivity contribution in [1.29, 1.82) is 0 Å². The standard InChI is InChI=1S/C16H24N2O2/c1-2-17-8-10-18(11-9-17)7-4-12-20-16-6-3-5-15(13-16)14-19/h3,5-6,13-14H,2,4,7-12H2,1H3/p+2. The van der Waals surface area contributed by atoms with E-state index < -0.39 is 0 Å². The molecule has 4 heteroatoms. The van der Waals surface area contributed by atoms with E-state index in [1.165, 1.54) is 39.3 Å². The summed E-state index contributed by atoms with van der Waals surface area (Å²) in [5.41, 5.74) is 0.673. The highest BCUT2D eigenvalue weighted by Gasteiger charge is 2.20. The van der Waals surface area contributed by atoms with Crippen LogP contribution in [0.2, 0.25) is 0 Å². The molecule has 1 aromatic carbocycles. The van der Waals surface area contributed by atoms with Crippen LogP contribution in [0.1, 0.15) is 23.7 Å². The predicted octanol–water partition coefficient (Wildman–Crippen LogP) is -0.929. The van der Waals surface area contributed by atoms with Gasteiger partial charge in [0.2, 0.25) is 0 Å². The fraction of sp³-hybridized carbons (Fsp3) is 0.562. The summed E-state index contributed by atoms with van der Waals surface area (Å²) in [4.78, 5) is 14.1. The van der Waals surface area contributed by atoms with Crippen LogP contribution in [-0.2, 0) is 0 Å². The molecule has 0 aliphatic carbocycles. The van der Waals surface area contributed by atoms with E-state index in [4.69, 9.17) is 4.74 Å². The number of nitrogens with one attached hydrogen (secondary N) is 2. The molecule has 110 valence electrons. The van der Waals surface area contributed by atoms with Crippen LogP contribution in [0.15, 0.2) is 24.3 Å². The molecule has 4 nitrogen and oxygen atoms in total. The normalized spacial score (nSPS) is 22.4. The van der Waals surface area contributed by atoms with Crippen molar-refractivity contribution >= 4 is 6.29 Å². The quantitative estimate of drug-likeness (QED) is 0.499. The number of rotatable bonds is 7. The highest BCUT2D eigenvalue weighted by Crippen LogP contribution is 2.11. The fourth-order valence-electron chi connectivity index (χ4n) is 2.75. The molecule has 1 saturated heterocycles. The lowest BCUT2D eigenvalue weighted by Gasteiger charge is -2.28. The molecule has 0 saturated carbocycles. The zero-order chi connectivity index (χ0) is 14.2. The molecule has 0 atom stereocenters. The minimum Gasteiger partial charge on any atom is -0.493 e. The monoisotopic (exact) mass is 278 g/mol. The zero-order valence-corrected chi connectivity index (χ0v) is 12.4. The Morgan fingerprint density at radius 1 is 1.20 bits per heavy atom. The molecule has 1 aliphatic rings. The van der Waals surface area contributed by atoms with Gasteiger partial charge in [-0.2, -0.15) is 0 Å². The van der Waals surface area contributed by atoms with Gasteiger partial charge in [-0.25, -0.2) is 0 Å². The Morgan fingerprint density at radius 3 is 2.65 bits per heavy atom. The Bertz CT molecular complexity index is 415. The number of aldehydes is 1. The lowest BCUT2D eigenvalue weighted by molar-refractivity contribution is -1.01. The predicted molar refractivity (Wildman–Crippen MR) is 78.7 cm³/mol. The summed E-state index contributed by atoms with van der Waals surface area (Å²) in [7, 11) is 0. The molecule has 2 N–H and O–H groups in total. The topological polar surface area (TPSA) is 35.2 Å². The van der Waals surface area contributed by atoms with E-state index in [0.29, 0.717) is 5.56 Å². The van der Waals surface area contributed by atoms with Crippen LogP contribution in [0.4, 0.5) is 0 Å². The SMILES string of the molecule is CC[NH+]1CC[NH+](CCCOc2cccc(C=O)c2)CC1. The second-order valence-corrected chi connectivity index (χ2v) is 5.50. The maximum atomic E-state index is 10.7. The van der Waals surface area contributed by atoms with Crippen LogP contribution < -0.4 is 14.5 Å². The molecule has 0 radical (unpaired) electrons. The highest BCUT2D eigenvalue weighted by atomic mass is 16.5. The third kappa shape index (κ3) is 4.62. The Hall–Kier alpha value is -1.39. The first-order valence-corrected chi connectivity index (χ1v) is 7.67. The molecule has 0 amide bonds. The lowest BCUT2D eigenvalue weighted by Crippen LogP contribution is -3.28. The van der Waals surface area contributed by atoms with Gasteiger partial charge in [0.15, 0.2) is 0 Å². The van der Waals surface area contributed by atoms with Gasteiger partial charge in [0.25, 0.3) is 0 Å². The third-order valence-corrected chi connectivity index (χ3v) is 4.10. The number of likely N-dealkylation sites (N-methyl/N-ethyl adjacent to an activating group) is 1. The van der Waals surface area contributed by atoms with Gasteiger partial charge >= 0.3 is 0 Å². The smallest absolute Gasteiger partial charge is 0.150 e. The highest BCUT2D eigenvalue weighted by molar-refractivity contribution is 5.75. The van der Waals surface area contributed by atoms with Gasteiger partial charge in [-0.3, -0.25) is 4.79 Å². The van der Waals surface area contributed by atoms with E-state index in [1.54, 1.807) is 21.9 Å². The third-order valence-electron chi connectivity index (χ3n) is 4.10. The number of hydrogen-bond acceptors (Lipinski definition) is 2. The van der Waals surface area contributed by atoms with Gasteiger partial charge in [-0.15, -0.1) is 0 Å². The van der Waals surface area contributed by atoms with Crippen LogP contribution in [0.25, 0.3) is 0 Å². The number of piperazine rings is 1. The average Bonchev–Trinajstić information content (AvgIpc) is 2.52. The van der Waals surface area contributed by atoms with Crippen molar-refractivity contribution < 1.29 is 19.3 Å². The molecule has 1 aliphatic heterocycles. The second-order valence-electron chi connectivity index (χ2n) is 5.50. The Labute approximate surface area is 121 Å². The molecule has 0 bridgehead atoms. The zero-order valence-electron chi connectivity index (χ0n) is 12.4. The minimum absolute atomic E-state index is 0.673. The summed E-state index contributed by atoms with van der Waals surface area (Å²) in [6.45, 7) is 10.6. The largest absolute Gasteiger partial charge is 0.493 e. The Balaban J connectivity index is 1.63. The average molecular weight is 278 g/mol. The van der Waals surface area contributed by atoms with E-state index in [-0.39, 0.29) is 0 Å². The van der Waals surface area contributed by atoms with Crippen LogP contribution in [0, 0.1) is 0 Å². The summed E-state index contributed by atoms with van der Waals surface area (Å²) in [5.74, 6) is 0.796. The first kappa shape index (κ1) is 15.0. The van der Waals surface area contributed by atoms with Gasteiger partial charge in [0, 0.05) is 12.0 Å². The molecule has 2 rings (SSSR count). The minimum atomic E-state index is 0.673. The van der Waals surface area contributed by atoms with E-state index in [9.17, 15) is 4.79 Å². The molecule has 1 heterocycles. The van der Waals surface area contributed by atoms with Crippen molar-refractivity contribution in [3.8, 4) is 5.75 Å². The first-order chi connectivity index (χ1) is 9.81. The van der Waals surface area contributed by atoms with Crippen molar-refractivity contribution in [2.75, 3.05) is 45.9 Å². The maximum Gasteiger partial charge on any atom is 0.150 e. The number of hydrogen-bond donors (Lipinski definition) is 2. The van der Waals surface area contributed by atoms with Crippen molar-refractivity contribution in [2.45, 2.75) is 13.3 Å². The van der Waals surface area contributed by atoms with Crippen LogP contribution >= 0.6 is 0 Å². The summed E-state index contributed by atoms with van der Waals surface area (Å²) in [6, 6.07) is 7.35. The van der Waals surface area contributed by atoms with Gasteiger partial charge in [-0.05, 0) is 19.1 Å². The van der Waals surface area contributed by atoms with Gasteiger partial charge < -0.3 is 14.5 Å². The maximum absolute atomic E-state index is 10.7. The molecule has 0 unspecified atom stereocenters. The van der Waals surface area contributed by atoms with E-state index >= 15 is 0 Å². The lowest BCUT2D eigenvalue weighted by atomic mass is 10.2. The van der Waals surface area contributed by atoms with Crippen molar-refractivity contribution in [2.24, 2.45) is 0 Å². The summed E-state index contributed by atoms with van der Waals surface area (Å²) >= 11 is 0. The molecule has 1 fully saturated rings. The number of carbonyl (C=O) groups is 1. The summed E-state index contributed by atoms with van der Waals surface area (Å²) < 4.78 is 5.70. The van der Waals surface area contributed by atoms with Crippen LogP contribution in [0.3, 0.4) is 0 Å². The van der Waals surface area contributed by atoms with Crippen LogP contribution in [-0.4, -0.2) is 52.2 Å². The summed E-state index contributed by atoms with van der Waals surface area (Å²) in [6.07, 6.45) is 1.93. The van der Waals surface area contributed by atoms with E-state index in [0.717, 1.165) is 25.1 Å². The number of ether oxygens (including phenoxy) is 1. The van der Waals surface area contributed by atoms with E-state index in [1.807, 2.05) is 12.1 Å². The second kappa shape index (κ2) is 8.02.